The van der Waals surface area contributed by atoms with E-state index in [1.54, 1.807) is 24.3 Å². The van der Waals surface area contributed by atoms with Crippen molar-refractivity contribution < 1.29 is 9.63 Å². The van der Waals surface area contributed by atoms with Gasteiger partial charge in [-0.25, -0.2) is 0 Å². The molecule has 4 heteroatoms. The SMILES string of the molecule is Cc1ccc(-c2noc(-c3ccc(O)cc3)n2)cc1. The molecule has 0 saturated carbocycles. The standard InChI is InChI=1S/C15H12N2O2/c1-10-2-4-11(5-3-10)14-16-15(19-17-14)12-6-8-13(18)9-7-12/h2-9,18H,1H3. The molecule has 1 heterocycles. The minimum absolute atomic E-state index is 0.210. The van der Waals surface area contributed by atoms with Gasteiger partial charge in [-0.1, -0.05) is 35.0 Å². The van der Waals surface area contributed by atoms with Crippen LogP contribution in [0, 0.1) is 6.92 Å². The molecule has 0 saturated heterocycles. The van der Waals surface area contributed by atoms with Crippen LogP contribution in [-0.4, -0.2) is 15.2 Å². The number of phenols is 1. The third-order valence-electron chi connectivity index (χ3n) is 2.85. The van der Waals surface area contributed by atoms with Gasteiger partial charge in [0.25, 0.3) is 5.89 Å². The molecular weight excluding hydrogens is 240 g/mol. The Balaban J connectivity index is 1.95. The average Bonchev–Trinajstić information content (AvgIpc) is 2.90. The van der Waals surface area contributed by atoms with Crippen molar-refractivity contribution in [3.8, 4) is 28.6 Å². The largest absolute Gasteiger partial charge is 0.508 e. The van der Waals surface area contributed by atoms with Gasteiger partial charge < -0.3 is 9.63 Å². The first-order valence-corrected chi connectivity index (χ1v) is 5.92. The molecule has 0 fully saturated rings. The molecule has 3 aromatic rings. The van der Waals surface area contributed by atoms with E-state index in [9.17, 15) is 5.11 Å². The monoisotopic (exact) mass is 252 g/mol. The molecule has 1 aromatic heterocycles. The molecule has 2 aromatic carbocycles. The maximum atomic E-state index is 9.25. The van der Waals surface area contributed by atoms with Gasteiger partial charge in [-0.3, -0.25) is 0 Å². The quantitative estimate of drug-likeness (QED) is 0.759. The molecule has 0 spiro atoms. The summed E-state index contributed by atoms with van der Waals surface area (Å²) in [5.41, 5.74) is 2.88. The van der Waals surface area contributed by atoms with Gasteiger partial charge in [0, 0.05) is 11.1 Å². The molecule has 0 unspecified atom stereocenters. The highest BCUT2D eigenvalue weighted by Crippen LogP contribution is 2.23. The molecule has 0 amide bonds. The fourth-order valence-electron chi connectivity index (χ4n) is 1.76. The number of aromatic nitrogens is 2. The third kappa shape index (κ3) is 2.33. The Morgan fingerprint density at radius 2 is 1.53 bits per heavy atom. The predicted octanol–water partition coefficient (Wildman–Crippen LogP) is 3.42. The van der Waals surface area contributed by atoms with Crippen LogP contribution < -0.4 is 0 Å². The molecule has 0 aliphatic rings. The maximum Gasteiger partial charge on any atom is 0.258 e. The smallest absolute Gasteiger partial charge is 0.258 e. The lowest BCUT2D eigenvalue weighted by atomic mass is 10.1. The number of benzene rings is 2. The summed E-state index contributed by atoms with van der Waals surface area (Å²) >= 11 is 0. The highest BCUT2D eigenvalue weighted by Gasteiger charge is 2.10. The zero-order chi connectivity index (χ0) is 13.2. The van der Waals surface area contributed by atoms with Gasteiger partial charge in [-0.2, -0.15) is 4.98 Å². The van der Waals surface area contributed by atoms with Crippen LogP contribution in [0.4, 0.5) is 0 Å². The zero-order valence-electron chi connectivity index (χ0n) is 10.4. The molecule has 0 aliphatic heterocycles. The number of phenolic OH excluding ortho intramolecular Hbond substituents is 1. The van der Waals surface area contributed by atoms with E-state index in [2.05, 4.69) is 10.1 Å². The van der Waals surface area contributed by atoms with Crippen molar-refractivity contribution in [2.75, 3.05) is 0 Å². The predicted molar refractivity (Wildman–Crippen MR) is 71.6 cm³/mol. The molecule has 0 aliphatic carbocycles. The highest BCUT2D eigenvalue weighted by atomic mass is 16.5. The molecule has 4 nitrogen and oxygen atoms in total. The normalized spacial score (nSPS) is 10.6. The topological polar surface area (TPSA) is 59.2 Å². The summed E-state index contributed by atoms with van der Waals surface area (Å²) in [6, 6.07) is 14.6. The summed E-state index contributed by atoms with van der Waals surface area (Å²) in [4.78, 5) is 4.35. The van der Waals surface area contributed by atoms with Gasteiger partial charge in [-0.05, 0) is 31.2 Å². The first-order chi connectivity index (χ1) is 9.22. The molecular formula is C15H12N2O2. The van der Waals surface area contributed by atoms with E-state index in [0.717, 1.165) is 11.1 Å². The summed E-state index contributed by atoms with van der Waals surface area (Å²) < 4.78 is 5.23. The number of hydrogen-bond acceptors (Lipinski definition) is 4. The van der Waals surface area contributed by atoms with Crippen molar-refractivity contribution >= 4 is 0 Å². The lowest BCUT2D eigenvalue weighted by molar-refractivity contribution is 0.432. The van der Waals surface area contributed by atoms with Gasteiger partial charge in [0.05, 0.1) is 0 Å². The van der Waals surface area contributed by atoms with Crippen LogP contribution in [0.25, 0.3) is 22.8 Å². The second kappa shape index (κ2) is 4.57. The lowest BCUT2D eigenvalue weighted by Gasteiger charge is -1.95. The van der Waals surface area contributed by atoms with Gasteiger partial charge in [-0.15, -0.1) is 0 Å². The van der Waals surface area contributed by atoms with E-state index in [1.165, 1.54) is 5.56 Å². The van der Waals surface area contributed by atoms with Crippen LogP contribution in [0.2, 0.25) is 0 Å². The first-order valence-electron chi connectivity index (χ1n) is 5.92. The summed E-state index contributed by atoms with van der Waals surface area (Å²) in [5.74, 6) is 1.21. The van der Waals surface area contributed by atoms with Crippen LogP contribution in [0.15, 0.2) is 53.1 Å². The lowest BCUT2D eigenvalue weighted by Crippen LogP contribution is -1.81. The Morgan fingerprint density at radius 1 is 0.895 bits per heavy atom. The number of aromatic hydroxyl groups is 1. The van der Waals surface area contributed by atoms with Crippen LogP contribution in [0.1, 0.15) is 5.56 Å². The Labute approximate surface area is 110 Å². The van der Waals surface area contributed by atoms with Gasteiger partial charge in [0.1, 0.15) is 5.75 Å². The van der Waals surface area contributed by atoms with Crippen LogP contribution in [0.5, 0.6) is 5.75 Å². The average molecular weight is 252 g/mol. The van der Waals surface area contributed by atoms with Gasteiger partial charge in [0.2, 0.25) is 5.82 Å². The second-order valence-corrected chi connectivity index (χ2v) is 4.34. The minimum atomic E-state index is 0.210. The minimum Gasteiger partial charge on any atom is -0.508 e. The number of nitrogens with zero attached hydrogens (tertiary/aromatic N) is 2. The summed E-state index contributed by atoms with van der Waals surface area (Å²) in [5, 5.41) is 13.2. The van der Waals surface area contributed by atoms with Crippen molar-refractivity contribution in [3.63, 3.8) is 0 Å². The molecule has 0 atom stereocenters. The summed E-state index contributed by atoms with van der Waals surface area (Å²) in [6.45, 7) is 2.03. The summed E-state index contributed by atoms with van der Waals surface area (Å²) in [6.07, 6.45) is 0. The first kappa shape index (κ1) is 11.5. The number of hydrogen-bond donors (Lipinski definition) is 1. The number of rotatable bonds is 2. The van der Waals surface area contributed by atoms with E-state index in [0.29, 0.717) is 11.7 Å². The van der Waals surface area contributed by atoms with E-state index >= 15 is 0 Å². The molecule has 19 heavy (non-hydrogen) atoms. The maximum absolute atomic E-state index is 9.25. The Kier molecular flexibility index (Phi) is 2.76. The van der Waals surface area contributed by atoms with E-state index < -0.39 is 0 Å². The number of aryl methyl sites for hydroxylation is 1. The summed E-state index contributed by atoms with van der Waals surface area (Å²) in [7, 11) is 0. The fraction of sp³-hybridized carbons (Fsp3) is 0.0667. The van der Waals surface area contributed by atoms with Crippen LogP contribution in [0.3, 0.4) is 0 Å². The Morgan fingerprint density at radius 3 is 2.21 bits per heavy atom. The van der Waals surface area contributed by atoms with Crippen molar-refractivity contribution in [1.82, 2.24) is 10.1 Å². The van der Waals surface area contributed by atoms with Gasteiger partial charge >= 0.3 is 0 Å². The molecule has 1 N–H and O–H groups in total. The van der Waals surface area contributed by atoms with E-state index in [-0.39, 0.29) is 5.75 Å². The van der Waals surface area contributed by atoms with E-state index in [1.807, 2.05) is 31.2 Å². The molecule has 3 rings (SSSR count). The van der Waals surface area contributed by atoms with Crippen molar-refractivity contribution in [3.05, 3.63) is 54.1 Å². The van der Waals surface area contributed by atoms with Gasteiger partial charge in [0.15, 0.2) is 0 Å². The third-order valence-corrected chi connectivity index (χ3v) is 2.85. The van der Waals surface area contributed by atoms with Crippen LogP contribution in [-0.2, 0) is 0 Å². The van der Waals surface area contributed by atoms with E-state index in [4.69, 9.17) is 4.52 Å². The second-order valence-electron chi connectivity index (χ2n) is 4.34. The van der Waals surface area contributed by atoms with Crippen molar-refractivity contribution in [2.24, 2.45) is 0 Å². The zero-order valence-corrected chi connectivity index (χ0v) is 10.4. The van der Waals surface area contributed by atoms with Crippen molar-refractivity contribution in [2.45, 2.75) is 6.92 Å². The molecule has 94 valence electrons. The van der Waals surface area contributed by atoms with Crippen molar-refractivity contribution in [1.29, 1.82) is 0 Å². The Bertz CT molecular complexity index is 625. The Hall–Kier alpha value is -2.62. The van der Waals surface area contributed by atoms with Crippen LogP contribution >= 0.6 is 0 Å². The molecule has 0 radical (unpaired) electrons. The highest BCUT2D eigenvalue weighted by molar-refractivity contribution is 5.60. The molecule has 0 bridgehead atoms. The fourth-order valence-corrected chi connectivity index (χ4v) is 1.76.